The van der Waals surface area contributed by atoms with Gasteiger partial charge in [0.15, 0.2) is 5.69 Å². The third kappa shape index (κ3) is 4.46. The van der Waals surface area contributed by atoms with Gasteiger partial charge in [0.1, 0.15) is 18.2 Å². The van der Waals surface area contributed by atoms with Crippen LogP contribution in [0.25, 0.3) is 44.3 Å². The van der Waals surface area contributed by atoms with Crippen molar-refractivity contribution in [1.29, 1.82) is 5.26 Å². The number of rotatable bonds is 5. The van der Waals surface area contributed by atoms with Gasteiger partial charge in [0.05, 0.1) is 25.3 Å². The summed E-state index contributed by atoms with van der Waals surface area (Å²) >= 11 is 0. The Morgan fingerprint density at radius 3 is 2.26 bits per heavy atom. The predicted octanol–water partition coefficient (Wildman–Crippen LogP) is 7.98. The van der Waals surface area contributed by atoms with E-state index < -0.39 is 8.07 Å². The van der Waals surface area contributed by atoms with Gasteiger partial charge in [-0.25, -0.2) is 0 Å². The van der Waals surface area contributed by atoms with Crippen molar-refractivity contribution >= 4 is 35.2 Å². The fourth-order valence-corrected chi connectivity index (χ4v) is 6.70. The van der Waals surface area contributed by atoms with E-state index in [1.165, 1.54) is 16.4 Å². The molecule has 192 valence electrons. The van der Waals surface area contributed by atoms with Crippen LogP contribution in [0, 0.1) is 31.1 Å². The second-order valence-corrected chi connectivity index (χ2v) is 17.2. The molecule has 5 aromatic rings. The van der Waals surface area contributed by atoms with Gasteiger partial charge >= 0.3 is 0 Å². The molecule has 0 saturated heterocycles. The highest BCUT2D eigenvalue weighted by atomic mass is 28.3. The first kappa shape index (κ1) is 25.9. The smallest absolute Gasteiger partial charge is 0.216 e. The summed E-state index contributed by atoms with van der Waals surface area (Å²) < 4.78 is 9.05. The maximum atomic E-state index is 10.1. The van der Waals surface area contributed by atoms with Crippen LogP contribution in [-0.4, -0.2) is 8.07 Å². The van der Waals surface area contributed by atoms with Gasteiger partial charge in [0, 0.05) is 35.4 Å². The number of aryl methyl sites for hydroxylation is 2. The van der Waals surface area contributed by atoms with Gasteiger partial charge in [-0.15, -0.1) is 0 Å². The standard InChI is InChI=1S/C34H37N2OSi/c1-21(2)17-24-18-23(4)36(5)30(19-24)31-22(3)9-15-29-32-26(20-35)12-16-28(33(32)37-34(29)31)25-10-13-27(14-11-25)38(6,7)8/h9-16,18-19,21H,17H2,1-8H3/q+1. The number of fused-ring (bicyclic) bond motifs is 3. The van der Waals surface area contributed by atoms with Gasteiger partial charge in [0.2, 0.25) is 5.69 Å². The third-order valence-electron chi connectivity index (χ3n) is 7.69. The first-order valence-corrected chi connectivity index (χ1v) is 17.0. The number of hydrogen-bond acceptors (Lipinski definition) is 2. The van der Waals surface area contributed by atoms with Gasteiger partial charge in [-0.2, -0.15) is 9.83 Å². The zero-order chi connectivity index (χ0) is 27.4. The van der Waals surface area contributed by atoms with Crippen molar-refractivity contribution < 1.29 is 8.98 Å². The molecule has 2 heterocycles. The summed E-state index contributed by atoms with van der Waals surface area (Å²) in [5.41, 5.74) is 10.3. The number of furan rings is 1. The maximum Gasteiger partial charge on any atom is 0.216 e. The average Bonchev–Trinajstić information content (AvgIpc) is 3.24. The summed E-state index contributed by atoms with van der Waals surface area (Å²) in [5.74, 6) is 0.575. The van der Waals surface area contributed by atoms with Crippen molar-refractivity contribution in [1.82, 2.24) is 0 Å². The lowest BCUT2D eigenvalue weighted by molar-refractivity contribution is -0.666. The topological polar surface area (TPSA) is 40.8 Å². The molecule has 0 N–H and O–H groups in total. The molecule has 0 unspecified atom stereocenters. The molecule has 3 nitrogen and oxygen atoms in total. The summed E-state index contributed by atoms with van der Waals surface area (Å²) in [6, 6.07) is 24.2. The Morgan fingerprint density at radius 2 is 1.63 bits per heavy atom. The number of pyridine rings is 1. The van der Waals surface area contributed by atoms with Crippen LogP contribution >= 0.6 is 0 Å². The number of nitriles is 1. The second-order valence-electron chi connectivity index (χ2n) is 12.1. The fourth-order valence-electron chi connectivity index (χ4n) is 5.53. The summed E-state index contributed by atoms with van der Waals surface area (Å²) in [7, 11) is 0.725. The minimum atomic E-state index is -1.40. The van der Waals surface area contributed by atoms with E-state index in [2.05, 4.69) is 114 Å². The lowest BCUT2D eigenvalue weighted by Crippen LogP contribution is -2.37. The van der Waals surface area contributed by atoms with Crippen LogP contribution in [0.3, 0.4) is 0 Å². The molecule has 5 rings (SSSR count). The summed E-state index contributed by atoms with van der Waals surface area (Å²) in [5, 5.41) is 13.4. The van der Waals surface area contributed by atoms with E-state index in [0.717, 1.165) is 56.3 Å². The highest BCUT2D eigenvalue weighted by Gasteiger charge is 2.25. The number of hydrogen-bond donors (Lipinski definition) is 0. The maximum absolute atomic E-state index is 10.1. The Kier molecular flexibility index (Phi) is 6.53. The Labute approximate surface area is 227 Å². The molecule has 0 fully saturated rings. The summed E-state index contributed by atoms with van der Waals surface area (Å²) in [4.78, 5) is 0. The molecule has 38 heavy (non-hydrogen) atoms. The van der Waals surface area contributed by atoms with Gasteiger partial charge in [-0.1, -0.05) is 75.1 Å². The van der Waals surface area contributed by atoms with Crippen molar-refractivity contribution in [3.8, 4) is 28.5 Å². The molecular formula is C34H37N2OSi+. The lowest BCUT2D eigenvalue weighted by atomic mass is 9.95. The van der Waals surface area contributed by atoms with Crippen LogP contribution in [0.1, 0.15) is 36.2 Å². The Morgan fingerprint density at radius 1 is 0.921 bits per heavy atom. The zero-order valence-electron chi connectivity index (χ0n) is 23.9. The highest BCUT2D eigenvalue weighted by Crippen LogP contribution is 2.42. The summed E-state index contributed by atoms with van der Waals surface area (Å²) in [6.07, 6.45) is 1.03. The first-order chi connectivity index (χ1) is 18.0. The van der Waals surface area contributed by atoms with E-state index in [1.807, 2.05) is 12.1 Å². The molecular weight excluding hydrogens is 480 g/mol. The Balaban J connectivity index is 1.82. The fraction of sp³-hybridized carbons (Fsp3) is 0.294. The van der Waals surface area contributed by atoms with E-state index >= 15 is 0 Å². The van der Waals surface area contributed by atoms with Crippen molar-refractivity contribution in [3.63, 3.8) is 0 Å². The van der Waals surface area contributed by atoms with Crippen LogP contribution in [0.15, 0.2) is 65.1 Å². The van der Waals surface area contributed by atoms with E-state index in [4.69, 9.17) is 4.42 Å². The van der Waals surface area contributed by atoms with Crippen molar-refractivity contribution in [2.24, 2.45) is 13.0 Å². The molecule has 0 aliphatic rings. The van der Waals surface area contributed by atoms with Crippen LogP contribution in [0.2, 0.25) is 19.6 Å². The quantitative estimate of drug-likeness (QED) is 0.175. The van der Waals surface area contributed by atoms with Crippen molar-refractivity contribution in [2.45, 2.75) is 53.8 Å². The Bertz CT molecular complexity index is 1730. The molecule has 0 bridgehead atoms. The molecule has 0 saturated carbocycles. The number of benzene rings is 3. The molecule has 3 aromatic carbocycles. The molecule has 4 heteroatoms. The number of aromatic nitrogens is 1. The van der Waals surface area contributed by atoms with Gasteiger partial charge in [-0.05, 0) is 48.1 Å². The molecule has 0 spiro atoms. The van der Waals surface area contributed by atoms with Gasteiger partial charge in [0.25, 0.3) is 0 Å². The van der Waals surface area contributed by atoms with Crippen molar-refractivity contribution in [3.05, 3.63) is 83.0 Å². The average molecular weight is 518 g/mol. The lowest BCUT2D eigenvalue weighted by Gasteiger charge is -2.16. The Hall–Kier alpha value is -3.68. The largest absolute Gasteiger partial charge is 0.454 e. The predicted molar refractivity (Wildman–Crippen MR) is 161 cm³/mol. The van der Waals surface area contributed by atoms with Crippen LogP contribution in [0.5, 0.6) is 0 Å². The van der Waals surface area contributed by atoms with Crippen LogP contribution in [-0.2, 0) is 13.5 Å². The molecule has 0 amide bonds. The molecule has 0 aliphatic heterocycles. The first-order valence-electron chi connectivity index (χ1n) is 13.5. The van der Waals surface area contributed by atoms with Crippen LogP contribution in [0.4, 0.5) is 0 Å². The van der Waals surface area contributed by atoms with E-state index in [0.29, 0.717) is 11.5 Å². The second kappa shape index (κ2) is 9.56. The van der Waals surface area contributed by atoms with Gasteiger partial charge < -0.3 is 4.42 Å². The molecule has 0 radical (unpaired) electrons. The number of nitrogens with zero attached hydrogens (tertiary/aromatic N) is 2. The minimum absolute atomic E-state index is 0.575. The molecule has 0 aliphatic carbocycles. The highest BCUT2D eigenvalue weighted by molar-refractivity contribution is 6.88. The molecule has 2 aromatic heterocycles. The normalized spacial score (nSPS) is 12.0. The third-order valence-corrected chi connectivity index (χ3v) is 9.75. The van der Waals surface area contributed by atoms with Gasteiger partial charge in [-0.3, -0.25) is 0 Å². The SMILES string of the molecule is Cc1ccc2c(oc3c(-c4ccc([Si](C)(C)C)cc4)ccc(C#N)c32)c1-c1cc(CC(C)C)cc(C)[n+]1C. The van der Waals surface area contributed by atoms with E-state index in [9.17, 15) is 5.26 Å². The van der Waals surface area contributed by atoms with Crippen molar-refractivity contribution in [2.75, 3.05) is 0 Å². The van der Waals surface area contributed by atoms with E-state index in [1.54, 1.807) is 0 Å². The van der Waals surface area contributed by atoms with E-state index in [-0.39, 0.29) is 0 Å². The minimum Gasteiger partial charge on any atom is -0.454 e. The molecule has 0 atom stereocenters. The van der Waals surface area contributed by atoms with Crippen LogP contribution < -0.4 is 9.75 Å². The zero-order valence-corrected chi connectivity index (χ0v) is 24.9. The summed E-state index contributed by atoms with van der Waals surface area (Å²) in [6.45, 7) is 15.9. The monoisotopic (exact) mass is 517 g/mol.